The van der Waals surface area contributed by atoms with Gasteiger partial charge >= 0.3 is 5.97 Å². The van der Waals surface area contributed by atoms with Gasteiger partial charge in [-0.1, -0.05) is 66.6 Å². The monoisotopic (exact) mass is 434 g/mol. The second kappa shape index (κ2) is 10.1. The van der Waals surface area contributed by atoms with Crippen molar-refractivity contribution < 1.29 is 19.1 Å². The van der Waals surface area contributed by atoms with E-state index in [-0.39, 0.29) is 30.3 Å². The van der Waals surface area contributed by atoms with Gasteiger partial charge in [-0.15, -0.1) is 5.10 Å². The molecule has 8 heteroatoms. The lowest BCUT2D eigenvalue weighted by molar-refractivity contribution is -0.124. The van der Waals surface area contributed by atoms with Gasteiger partial charge in [0.25, 0.3) is 5.91 Å². The van der Waals surface area contributed by atoms with Gasteiger partial charge in [0.1, 0.15) is 5.75 Å². The van der Waals surface area contributed by atoms with Crippen LogP contribution in [0.15, 0.2) is 60.8 Å². The standard InChI is InChI=1S/C24H26N4O4/c1-31-24(30)20-15-28(27-26-20)21-13-7-6-12-19(21)25-23(29)16-32-22-14-8-5-11-18(22)17-9-3-2-4-10-17/h2-5,8-11,14-15,19,21H,6-7,12-13,16H2,1H3,(H,25,29)/t19-,21+/m1/s1. The molecule has 8 nitrogen and oxygen atoms in total. The molecule has 0 saturated heterocycles. The predicted octanol–water partition coefficient (Wildman–Crippen LogP) is 3.41. The third-order valence-electron chi connectivity index (χ3n) is 5.65. The Hall–Kier alpha value is -3.68. The van der Waals surface area contributed by atoms with Crippen molar-refractivity contribution in [3.05, 3.63) is 66.5 Å². The second-order valence-electron chi connectivity index (χ2n) is 7.75. The number of para-hydroxylation sites is 1. The van der Waals surface area contributed by atoms with Gasteiger partial charge < -0.3 is 14.8 Å². The maximum absolute atomic E-state index is 12.7. The molecule has 1 N–H and O–H groups in total. The van der Waals surface area contributed by atoms with Crippen LogP contribution >= 0.6 is 0 Å². The number of methoxy groups -OCH3 is 1. The first-order valence-corrected chi connectivity index (χ1v) is 10.7. The topological polar surface area (TPSA) is 95.3 Å². The van der Waals surface area contributed by atoms with E-state index in [1.165, 1.54) is 7.11 Å². The molecule has 1 aliphatic rings. The molecule has 1 aromatic heterocycles. The first-order valence-electron chi connectivity index (χ1n) is 10.7. The number of aromatic nitrogens is 3. The number of nitrogens with zero attached hydrogens (tertiary/aromatic N) is 3. The largest absolute Gasteiger partial charge is 0.483 e. The van der Waals surface area contributed by atoms with E-state index in [0.717, 1.165) is 36.8 Å². The number of esters is 1. The molecule has 1 fully saturated rings. The fraction of sp³-hybridized carbons (Fsp3) is 0.333. The molecule has 1 saturated carbocycles. The second-order valence-corrected chi connectivity index (χ2v) is 7.75. The van der Waals surface area contributed by atoms with Gasteiger partial charge in [0.05, 0.1) is 25.4 Å². The highest BCUT2D eigenvalue weighted by Gasteiger charge is 2.29. The van der Waals surface area contributed by atoms with Crippen LogP contribution in [0.2, 0.25) is 0 Å². The lowest BCUT2D eigenvalue weighted by Crippen LogP contribution is -2.45. The van der Waals surface area contributed by atoms with Crippen molar-refractivity contribution in [1.29, 1.82) is 0 Å². The number of benzene rings is 2. The average molecular weight is 434 g/mol. The third kappa shape index (κ3) is 4.96. The fourth-order valence-electron chi connectivity index (χ4n) is 4.07. The molecule has 0 aliphatic heterocycles. The van der Waals surface area contributed by atoms with Crippen LogP contribution < -0.4 is 10.1 Å². The molecule has 32 heavy (non-hydrogen) atoms. The van der Waals surface area contributed by atoms with Crippen LogP contribution in [0.4, 0.5) is 0 Å². The van der Waals surface area contributed by atoms with Crippen molar-refractivity contribution in [3.8, 4) is 16.9 Å². The lowest BCUT2D eigenvalue weighted by atomic mass is 9.90. The smallest absolute Gasteiger partial charge is 0.360 e. The van der Waals surface area contributed by atoms with Crippen LogP contribution in [-0.2, 0) is 9.53 Å². The minimum atomic E-state index is -0.530. The van der Waals surface area contributed by atoms with E-state index in [0.29, 0.717) is 5.75 Å². The van der Waals surface area contributed by atoms with E-state index in [1.54, 1.807) is 10.9 Å². The van der Waals surface area contributed by atoms with Crippen LogP contribution in [0.3, 0.4) is 0 Å². The van der Waals surface area contributed by atoms with Crippen molar-refractivity contribution in [1.82, 2.24) is 20.3 Å². The zero-order chi connectivity index (χ0) is 22.3. The van der Waals surface area contributed by atoms with Crippen LogP contribution in [0, 0.1) is 0 Å². The first-order chi connectivity index (χ1) is 15.7. The Bertz CT molecular complexity index is 1070. The van der Waals surface area contributed by atoms with Gasteiger partial charge in [-0.25, -0.2) is 9.48 Å². The Labute approximate surface area is 186 Å². The molecule has 4 rings (SSSR count). The minimum Gasteiger partial charge on any atom is -0.483 e. The van der Waals surface area contributed by atoms with E-state index in [4.69, 9.17) is 9.47 Å². The SMILES string of the molecule is COC(=O)c1cn([C@H]2CCCC[C@H]2NC(=O)COc2ccccc2-c2ccccc2)nn1. The van der Waals surface area contributed by atoms with Crippen LogP contribution in [-0.4, -0.2) is 46.6 Å². The molecule has 1 amide bonds. The highest BCUT2D eigenvalue weighted by Crippen LogP contribution is 2.30. The summed E-state index contributed by atoms with van der Waals surface area (Å²) >= 11 is 0. The van der Waals surface area contributed by atoms with E-state index in [1.807, 2.05) is 54.6 Å². The summed E-state index contributed by atoms with van der Waals surface area (Å²) in [7, 11) is 1.31. The molecule has 0 radical (unpaired) electrons. The first kappa shape index (κ1) is 21.5. The van der Waals surface area contributed by atoms with Gasteiger partial charge in [-0.3, -0.25) is 4.79 Å². The number of amides is 1. The molecule has 0 bridgehead atoms. The average Bonchev–Trinajstić information content (AvgIpc) is 3.33. The number of carbonyl (C=O) groups excluding carboxylic acids is 2. The highest BCUT2D eigenvalue weighted by atomic mass is 16.5. The maximum Gasteiger partial charge on any atom is 0.360 e. The summed E-state index contributed by atoms with van der Waals surface area (Å²) < 4.78 is 12.2. The Morgan fingerprint density at radius 2 is 1.81 bits per heavy atom. The number of hydrogen-bond donors (Lipinski definition) is 1. The molecule has 1 heterocycles. The van der Waals surface area contributed by atoms with Crippen molar-refractivity contribution >= 4 is 11.9 Å². The third-order valence-corrected chi connectivity index (χ3v) is 5.65. The summed E-state index contributed by atoms with van der Waals surface area (Å²) in [6, 6.07) is 17.4. The van der Waals surface area contributed by atoms with Crippen molar-refractivity contribution in [2.24, 2.45) is 0 Å². The molecule has 166 valence electrons. The van der Waals surface area contributed by atoms with Crippen molar-refractivity contribution in [2.45, 2.75) is 37.8 Å². The number of carbonyl (C=O) groups is 2. The molecule has 0 unspecified atom stereocenters. The maximum atomic E-state index is 12.7. The minimum absolute atomic E-state index is 0.0739. The van der Waals surface area contributed by atoms with E-state index in [9.17, 15) is 9.59 Å². The summed E-state index contributed by atoms with van der Waals surface area (Å²) in [5, 5.41) is 11.1. The zero-order valence-electron chi connectivity index (χ0n) is 17.9. The van der Waals surface area contributed by atoms with Gasteiger partial charge in [0.15, 0.2) is 12.3 Å². The molecule has 0 spiro atoms. The normalized spacial score (nSPS) is 18.0. The van der Waals surface area contributed by atoms with Gasteiger partial charge in [-0.2, -0.15) is 0 Å². The lowest BCUT2D eigenvalue weighted by Gasteiger charge is -2.31. The highest BCUT2D eigenvalue weighted by molar-refractivity contribution is 5.86. The molecular formula is C24H26N4O4. The number of ether oxygens (including phenoxy) is 2. The summed E-state index contributed by atoms with van der Waals surface area (Å²) in [4.78, 5) is 24.4. The fourth-order valence-corrected chi connectivity index (χ4v) is 4.07. The number of rotatable bonds is 7. The summed E-state index contributed by atoms with van der Waals surface area (Å²) in [6.07, 6.45) is 5.27. The van der Waals surface area contributed by atoms with Crippen LogP contribution in [0.5, 0.6) is 5.75 Å². The Balaban J connectivity index is 1.40. The van der Waals surface area contributed by atoms with Crippen LogP contribution in [0.1, 0.15) is 42.2 Å². The van der Waals surface area contributed by atoms with Gasteiger partial charge in [0, 0.05) is 5.56 Å². The molecule has 1 aliphatic carbocycles. The summed E-state index contributed by atoms with van der Waals surface area (Å²) in [5.41, 5.74) is 2.13. The Morgan fingerprint density at radius 3 is 2.62 bits per heavy atom. The Morgan fingerprint density at radius 1 is 1.06 bits per heavy atom. The quantitative estimate of drug-likeness (QED) is 0.573. The molecule has 2 atom stereocenters. The molecule has 3 aromatic rings. The van der Waals surface area contributed by atoms with Crippen molar-refractivity contribution in [2.75, 3.05) is 13.7 Å². The van der Waals surface area contributed by atoms with Gasteiger partial charge in [0.2, 0.25) is 0 Å². The van der Waals surface area contributed by atoms with E-state index >= 15 is 0 Å². The van der Waals surface area contributed by atoms with E-state index < -0.39 is 5.97 Å². The van der Waals surface area contributed by atoms with Crippen molar-refractivity contribution in [3.63, 3.8) is 0 Å². The Kier molecular flexibility index (Phi) is 6.79. The van der Waals surface area contributed by atoms with E-state index in [2.05, 4.69) is 15.6 Å². The summed E-state index contributed by atoms with van der Waals surface area (Å²) in [5.74, 6) is -0.0655. The zero-order valence-corrected chi connectivity index (χ0v) is 17.9. The van der Waals surface area contributed by atoms with Crippen LogP contribution in [0.25, 0.3) is 11.1 Å². The summed E-state index contributed by atoms with van der Waals surface area (Å²) in [6.45, 7) is -0.0855. The van der Waals surface area contributed by atoms with Gasteiger partial charge in [-0.05, 0) is 24.5 Å². The number of nitrogens with one attached hydrogen (secondary N) is 1. The molecule has 2 aromatic carbocycles. The predicted molar refractivity (Wildman–Crippen MR) is 118 cm³/mol. The number of hydrogen-bond acceptors (Lipinski definition) is 6. The molecular weight excluding hydrogens is 408 g/mol.